The van der Waals surface area contributed by atoms with Crippen LogP contribution in [-0.2, 0) is 22.4 Å². The van der Waals surface area contributed by atoms with Gasteiger partial charge in [0.1, 0.15) is 0 Å². The summed E-state index contributed by atoms with van der Waals surface area (Å²) in [5.74, 6) is -0.579. The SMILES string of the molecule is O=C(Cc1c[nH]c2ccccc12)NNC(=O)C1CCCc2ccccc21. The molecule has 0 saturated carbocycles. The van der Waals surface area contributed by atoms with Crippen molar-refractivity contribution < 1.29 is 9.59 Å². The summed E-state index contributed by atoms with van der Waals surface area (Å²) in [6, 6.07) is 15.9. The minimum Gasteiger partial charge on any atom is -0.361 e. The van der Waals surface area contributed by atoms with Gasteiger partial charge in [0, 0.05) is 17.1 Å². The lowest BCUT2D eigenvalue weighted by Crippen LogP contribution is -2.45. The molecule has 5 heteroatoms. The Morgan fingerprint density at radius 3 is 2.77 bits per heavy atom. The van der Waals surface area contributed by atoms with Crippen LogP contribution >= 0.6 is 0 Å². The molecule has 1 unspecified atom stereocenters. The van der Waals surface area contributed by atoms with Crippen LogP contribution in [0.15, 0.2) is 54.7 Å². The lowest BCUT2D eigenvalue weighted by atomic mass is 9.82. The normalized spacial score (nSPS) is 16.1. The summed E-state index contributed by atoms with van der Waals surface area (Å²) in [6.45, 7) is 0. The highest BCUT2D eigenvalue weighted by Crippen LogP contribution is 2.31. The summed E-state index contributed by atoms with van der Waals surface area (Å²) in [5.41, 5.74) is 9.37. The van der Waals surface area contributed by atoms with Crippen LogP contribution in [0.3, 0.4) is 0 Å². The number of benzene rings is 2. The largest absolute Gasteiger partial charge is 0.361 e. The van der Waals surface area contributed by atoms with E-state index in [0.29, 0.717) is 0 Å². The van der Waals surface area contributed by atoms with Gasteiger partial charge >= 0.3 is 0 Å². The number of hydrazine groups is 1. The summed E-state index contributed by atoms with van der Waals surface area (Å²) in [4.78, 5) is 27.9. The molecule has 1 aromatic heterocycles. The van der Waals surface area contributed by atoms with Crippen molar-refractivity contribution in [1.29, 1.82) is 0 Å². The molecule has 1 aliphatic rings. The van der Waals surface area contributed by atoms with Gasteiger partial charge in [-0.2, -0.15) is 0 Å². The Balaban J connectivity index is 1.38. The highest BCUT2D eigenvalue weighted by Gasteiger charge is 2.26. The van der Waals surface area contributed by atoms with E-state index < -0.39 is 0 Å². The number of hydrogen-bond donors (Lipinski definition) is 3. The molecule has 2 amide bonds. The number of aryl methyl sites for hydroxylation is 1. The van der Waals surface area contributed by atoms with Gasteiger partial charge < -0.3 is 4.98 Å². The van der Waals surface area contributed by atoms with Crippen LogP contribution in [0.5, 0.6) is 0 Å². The van der Waals surface area contributed by atoms with E-state index >= 15 is 0 Å². The number of carbonyl (C=O) groups is 2. The molecule has 2 aromatic carbocycles. The molecule has 0 bridgehead atoms. The van der Waals surface area contributed by atoms with Gasteiger partial charge in [-0.25, -0.2) is 0 Å². The topological polar surface area (TPSA) is 74.0 Å². The summed E-state index contributed by atoms with van der Waals surface area (Å²) < 4.78 is 0. The Morgan fingerprint density at radius 1 is 1.04 bits per heavy atom. The van der Waals surface area contributed by atoms with Gasteiger partial charge in [-0.1, -0.05) is 42.5 Å². The van der Waals surface area contributed by atoms with Gasteiger partial charge in [-0.3, -0.25) is 20.4 Å². The number of fused-ring (bicyclic) bond motifs is 2. The van der Waals surface area contributed by atoms with E-state index in [1.807, 2.05) is 48.7 Å². The molecule has 0 radical (unpaired) electrons. The second-order valence-corrected chi connectivity index (χ2v) is 6.72. The Morgan fingerprint density at radius 2 is 1.85 bits per heavy atom. The van der Waals surface area contributed by atoms with E-state index in [0.717, 1.165) is 41.3 Å². The molecule has 0 fully saturated rings. The van der Waals surface area contributed by atoms with Crippen LogP contribution in [-0.4, -0.2) is 16.8 Å². The lowest BCUT2D eigenvalue weighted by Gasteiger charge is -2.24. The third kappa shape index (κ3) is 3.20. The monoisotopic (exact) mass is 347 g/mol. The number of aromatic amines is 1. The van der Waals surface area contributed by atoms with E-state index in [1.54, 1.807) is 0 Å². The Kier molecular flexibility index (Phi) is 4.44. The number of carbonyl (C=O) groups excluding carboxylic acids is 2. The van der Waals surface area contributed by atoms with Crippen LogP contribution in [0.1, 0.15) is 35.4 Å². The van der Waals surface area contributed by atoms with Crippen molar-refractivity contribution in [3.8, 4) is 0 Å². The van der Waals surface area contributed by atoms with Crippen LogP contribution < -0.4 is 10.9 Å². The van der Waals surface area contributed by atoms with E-state index in [1.165, 1.54) is 5.56 Å². The Bertz CT molecular complexity index is 961. The molecular weight excluding hydrogens is 326 g/mol. The molecule has 132 valence electrons. The maximum atomic E-state index is 12.5. The average molecular weight is 347 g/mol. The number of para-hydroxylation sites is 1. The number of aromatic nitrogens is 1. The predicted octanol–water partition coefficient (Wildman–Crippen LogP) is 2.98. The average Bonchev–Trinajstić information content (AvgIpc) is 3.08. The zero-order valence-corrected chi connectivity index (χ0v) is 14.4. The maximum absolute atomic E-state index is 12.5. The van der Waals surface area contributed by atoms with Crippen molar-refractivity contribution >= 4 is 22.7 Å². The molecule has 26 heavy (non-hydrogen) atoms. The zero-order valence-electron chi connectivity index (χ0n) is 14.4. The summed E-state index contributed by atoms with van der Waals surface area (Å²) in [7, 11) is 0. The zero-order chi connectivity index (χ0) is 17.9. The van der Waals surface area contributed by atoms with Gasteiger partial charge in [0.15, 0.2) is 0 Å². The minimum atomic E-state index is -0.229. The van der Waals surface area contributed by atoms with Crippen LogP contribution in [0.25, 0.3) is 10.9 Å². The fourth-order valence-electron chi connectivity index (χ4n) is 3.74. The molecule has 5 nitrogen and oxygen atoms in total. The second kappa shape index (κ2) is 7.04. The van der Waals surface area contributed by atoms with E-state index in [4.69, 9.17) is 0 Å². The van der Waals surface area contributed by atoms with Gasteiger partial charge in [0.2, 0.25) is 11.8 Å². The predicted molar refractivity (Wildman–Crippen MR) is 100 cm³/mol. The number of rotatable bonds is 3. The number of hydrogen-bond acceptors (Lipinski definition) is 2. The first-order valence-electron chi connectivity index (χ1n) is 8.94. The molecule has 3 aromatic rings. The molecule has 0 saturated heterocycles. The Labute approximate surface area is 151 Å². The molecule has 4 rings (SSSR count). The van der Waals surface area contributed by atoms with Crippen molar-refractivity contribution in [2.45, 2.75) is 31.6 Å². The molecule has 1 heterocycles. The Hall–Kier alpha value is -3.08. The van der Waals surface area contributed by atoms with Crippen molar-refractivity contribution in [3.63, 3.8) is 0 Å². The quantitative estimate of drug-likeness (QED) is 0.637. The third-order valence-corrected chi connectivity index (χ3v) is 5.04. The van der Waals surface area contributed by atoms with Gasteiger partial charge in [-0.05, 0) is 42.0 Å². The highest BCUT2D eigenvalue weighted by atomic mass is 16.2. The van der Waals surface area contributed by atoms with E-state index in [-0.39, 0.29) is 24.2 Å². The highest BCUT2D eigenvalue weighted by molar-refractivity contribution is 5.91. The van der Waals surface area contributed by atoms with Crippen LogP contribution in [0, 0.1) is 0 Å². The molecule has 1 aliphatic carbocycles. The van der Waals surface area contributed by atoms with E-state index in [2.05, 4.69) is 21.9 Å². The summed E-state index contributed by atoms with van der Waals surface area (Å²) in [5, 5.41) is 1.02. The fraction of sp³-hybridized carbons (Fsp3) is 0.238. The minimum absolute atomic E-state index is 0.149. The van der Waals surface area contributed by atoms with Crippen molar-refractivity contribution in [2.75, 3.05) is 0 Å². The number of amides is 2. The lowest BCUT2D eigenvalue weighted by molar-refractivity contribution is -0.129. The van der Waals surface area contributed by atoms with Crippen molar-refractivity contribution in [2.24, 2.45) is 0 Å². The first-order valence-corrected chi connectivity index (χ1v) is 8.94. The molecule has 3 N–H and O–H groups in total. The fourth-order valence-corrected chi connectivity index (χ4v) is 3.74. The number of nitrogens with one attached hydrogen (secondary N) is 3. The van der Waals surface area contributed by atoms with Crippen LogP contribution in [0.2, 0.25) is 0 Å². The van der Waals surface area contributed by atoms with Gasteiger partial charge in [0.25, 0.3) is 0 Å². The standard InChI is InChI=1S/C21H21N3O2/c25-20(12-15-13-22-19-11-4-3-9-17(15)19)23-24-21(26)18-10-5-7-14-6-1-2-8-16(14)18/h1-4,6,8-9,11,13,18,22H,5,7,10,12H2,(H,23,25)(H,24,26). The first-order chi connectivity index (χ1) is 12.7. The summed E-state index contributed by atoms with van der Waals surface area (Å²) in [6.07, 6.45) is 4.85. The smallest absolute Gasteiger partial charge is 0.245 e. The van der Waals surface area contributed by atoms with Crippen molar-refractivity contribution in [3.05, 3.63) is 71.4 Å². The first kappa shape index (κ1) is 16.4. The van der Waals surface area contributed by atoms with Gasteiger partial charge in [0.05, 0.1) is 12.3 Å². The summed E-state index contributed by atoms with van der Waals surface area (Å²) >= 11 is 0. The molecule has 0 spiro atoms. The molecular formula is C21H21N3O2. The van der Waals surface area contributed by atoms with Gasteiger partial charge in [-0.15, -0.1) is 0 Å². The second-order valence-electron chi connectivity index (χ2n) is 6.72. The van der Waals surface area contributed by atoms with Crippen LogP contribution in [0.4, 0.5) is 0 Å². The third-order valence-electron chi connectivity index (χ3n) is 5.04. The molecule has 1 atom stereocenters. The van der Waals surface area contributed by atoms with Crippen molar-refractivity contribution in [1.82, 2.24) is 15.8 Å². The molecule has 0 aliphatic heterocycles. The maximum Gasteiger partial charge on any atom is 0.245 e. The number of H-pyrrole nitrogens is 1. The van der Waals surface area contributed by atoms with E-state index in [9.17, 15) is 9.59 Å².